The molecule has 0 saturated carbocycles. The summed E-state index contributed by atoms with van der Waals surface area (Å²) in [5.41, 5.74) is 2.57. The lowest BCUT2D eigenvalue weighted by atomic mass is 10.1. The van der Waals surface area contributed by atoms with Crippen molar-refractivity contribution >= 4 is 21.6 Å². The Bertz CT molecular complexity index is 635. The third-order valence-electron chi connectivity index (χ3n) is 2.79. The first-order chi connectivity index (χ1) is 9.72. The molecule has 0 atom stereocenters. The molecule has 0 aromatic heterocycles. The van der Waals surface area contributed by atoms with E-state index < -0.39 is 0 Å². The average Bonchev–Trinajstić information content (AvgIpc) is 2.46. The van der Waals surface area contributed by atoms with Gasteiger partial charge in [0.05, 0.1) is 17.9 Å². The molecule has 2 aromatic rings. The fraction of sp³-hybridized carbons (Fsp3) is 0.188. The molecule has 0 saturated heterocycles. The average molecular weight is 331 g/mol. The predicted octanol–water partition coefficient (Wildman–Crippen LogP) is 4.33. The van der Waals surface area contributed by atoms with Crippen LogP contribution in [0.15, 0.2) is 46.9 Å². The van der Waals surface area contributed by atoms with Gasteiger partial charge in [-0.05, 0) is 42.8 Å². The summed E-state index contributed by atoms with van der Waals surface area (Å²) >= 11 is 3.41. The maximum atomic E-state index is 9.10. The van der Waals surface area contributed by atoms with Crippen molar-refractivity contribution in [1.82, 2.24) is 0 Å². The third kappa shape index (κ3) is 3.75. The number of rotatable bonds is 5. The topological polar surface area (TPSA) is 45.0 Å². The Morgan fingerprint density at radius 1 is 1.25 bits per heavy atom. The van der Waals surface area contributed by atoms with Crippen LogP contribution in [0.1, 0.15) is 18.1 Å². The summed E-state index contributed by atoms with van der Waals surface area (Å²) in [5.74, 6) is 0.863. The lowest BCUT2D eigenvalue weighted by molar-refractivity contribution is 0.340. The molecule has 0 aliphatic rings. The lowest BCUT2D eigenvalue weighted by Crippen LogP contribution is -2.02. The standard InChI is InChI=1S/C16H15BrN2O/c1-2-20-15-5-3-4-12(8-15)11-19-16-9-14(17)7-6-13(16)10-18/h3-9,19H,2,11H2,1H3. The second-order valence-electron chi connectivity index (χ2n) is 4.24. The maximum absolute atomic E-state index is 9.10. The van der Waals surface area contributed by atoms with Gasteiger partial charge in [0.25, 0.3) is 0 Å². The molecule has 4 heteroatoms. The van der Waals surface area contributed by atoms with Crippen LogP contribution in [0.4, 0.5) is 5.69 Å². The quantitative estimate of drug-likeness (QED) is 0.887. The monoisotopic (exact) mass is 330 g/mol. The van der Waals surface area contributed by atoms with E-state index in [-0.39, 0.29) is 0 Å². The van der Waals surface area contributed by atoms with Crippen LogP contribution in [0.25, 0.3) is 0 Å². The molecular formula is C16H15BrN2O. The van der Waals surface area contributed by atoms with Crippen LogP contribution < -0.4 is 10.1 Å². The molecule has 0 aliphatic carbocycles. The Morgan fingerprint density at radius 3 is 2.85 bits per heavy atom. The second-order valence-corrected chi connectivity index (χ2v) is 5.15. The van der Waals surface area contributed by atoms with Crippen molar-refractivity contribution in [1.29, 1.82) is 5.26 Å². The van der Waals surface area contributed by atoms with Crippen LogP contribution in [0.3, 0.4) is 0 Å². The normalized spacial score (nSPS) is 9.85. The molecular weight excluding hydrogens is 316 g/mol. The minimum Gasteiger partial charge on any atom is -0.494 e. The zero-order valence-electron chi connectivity index (χ0n) is 11.2. The minimum atomic E-state index is 0.633. The lowest BCUT2D eigenvalue weighted by Gasteiger charge is -2.10. The molecule has 0 aliphatic heterocycles. The molecule has 0 spiro atoms. The number of hydrogen-bond acceptors (Lipinski definition) is 3. The second kappa shape index (κ2) is 6.97. The third-order valence-corrected chi connectivity index (χ3v) is 3.29. The van der Waals surface area contributed by atoms with E-state index in [0.29, 0.717) is 18.7 Å². The molecule has 2 rings (SSSR count). The summed E-state index contributed by atoms with van der Waals surface area (Å²) in [6, 6.07) is 15.7. The first-order valence-electron chi connectivity index (χ1n) is 6.38. The molecule has 1 N–H and O–H groups in total. The van der Waals surface area contributed by atoms with Crippen molar-refractivity contribution in [2.24, 2.45) is 0 Å². The highest BCUT2D eigenvalue weighted by Crippen LogP contribution is 2.22. The number of anilines is 1. The maximum Gasteiger partial charge on any atom is 0.119 e. The van der Waals surface area contributed by atoms with Crippen LogP contribution >= 0.6 is 15.9 Å². The van der Waals surface area contributed by atoms with Gasteiger partial charge in [0.15, 0.2) is 0 Å². The summed E-state index contributed by atoms with van der Waals surface area (Å²) in [7, 11) is 0. The van der Waals surface area contributed by atoms with E-state index in [2.05, 4.69) is 27.3 Å². The summed E-state index contributed by atoms with van der Waals surface area (Å²) in [4.78, 5) is 0. The molecule has 3 nitrogen and oxygen atoms in total. The minimum absolute atomic E-state index is 0.633. The predicted molar refractivity (Wildman–Crippen MR) is 83.8 cm³/mol. The van der Waals surface area contributed by atoms with Crippen LogP contribution in [0, 0.1) is 11.3 Å². The fourth-order valence-corrected chi connectivity index (χ4v) is 2.23. The molecule has 102 valence electrons. The molecule has 0 amide bonds. The fourth-order valence-electron chi connectivity index (χ4n) is 1.87. The molecule has 0 fully saturated rings. The van der Waals surface area contributed by atoms with Crippen molar-refractivity contribution in [3.05, 3.63) is 58.1 Å². The van der Waals surface area contributed by atoms with Gasteiger partial charge in [0.1, 0.15) is 11.8 Å². The largest absolute Gasteiger partial charge is 0.494 e. The van der Waals surface area contributed by atoms with E-state index in [1.165, 1.54) is 0 Å². The number of benzene rings is 2. The van der Waals surface area contributed by atoms with Gasteiger partial charge >= 0.3 is 0 Å². The number of halogens is 1. The van der Waals surface area contributed by atoms with Gasteiger partial charge in [-0.25, -0.2) is 0 Å². The van der Waals surface area contributed by atoms with Crippen LogP contribution in [-0.4, -0.2) is 6.61 Å². The summed E-state index contributed by atoms with van der Waals surface area (Å²) < 4.78 is 6.42. The molecule has 2 aromatic carbocycles. The van der Waals surface area contributed by atoms with E-state index in [4.69, 9.17) is 10.00 Å². The smallest absolute Gasteiger partial charge is 0.119 e. The van der Waals surface area contributed by atoms with Gasteiger partial charge in [-0.1, -0.05) is 28.1 Å². The highest BCUT2D eigenvalue weighted by Gasteiger charge is 2.03. The number of nitrogens with one attached hydrogen (secondary N) is 1. The molecule has 0 radical (unpaired) electrons. The van der Waals surface area contributed by atoms with Gasteiger partial charge < -0.3 is 10.1 Å². The van der Waals surface area contributed by atoms with E-state index in [1.54, 1.807) is 6.07 Å². The Balaban J connectivity index is 2.11. The zero-order valence-corrected chi connectivity index (χ0v) is 12.8. The summed E-state index contributed by atoms with van der Waals surface area (Å²) in [6.07, 6.45) is 0. The molecule has 20 heavy (non-hydrogen) atoms. The Kier molecular flexibility index (Phi) is 5.03. The Hall–Kier alpha value is -1.99. The number of ether oxygens (including phenoxy) is 1. The van der Waals surface area contributed by atoms with E-state index in [1.807, 2.05) is 43.3 Å². The summed E-state index contributed by atoms with van der Waals surface area (Å²) in [6.45, 7) is 3.26. The Morgan fingerprint density at radius 2 is 2.10 bits per heavy atom. The van der Waals surface area contributed by atoms with Gasteiger partial charge in [-0.3, -0.25) is 0 Å². The van der Waals surface area contributed by atoms with Crippen molar-refractivity contribution < 1.29 is 4.74 Å². The summed E-state index contributed by atoms with van der Waals surface area (Å²) in [5, 5.41) is 12.4. The Labute approximate surface area is 127 Å². The van der Waals surface area contributed by atoms with Gasteiger partial charge in [0, 0.05) is 11.0 Å². The van der Waals surface area contributed by atoms with Crippen molar-refractivity contribution in [2.45, 2.75) is 13.5 Å². The van der Waals surface area contributed by atoms with Gasteiger partial charge in [-0.15, -0.1) is 0 Å². The van der Waals surface area contributed by atoms with E-state index in [9.17, 15) is 0 Å². The van der Waals surface area contributed by atoms with Crippen molar-refractivity contribution in [3.8, 4) is 11.8 Å². The van der Waals surface area contributed by atoms with Gasteiger partial charge in [0.2, 0.25) is 0 Å². The van der Waals surface area contributed by atoms with E-state index >= 15 is 0 Å². The van der Waals surface area contributed by atoms with Crippen molar-refractivity contribution in [3.63, 3.8) is 0 Å². The molecule has 0 bridgehead atoms. The number of nitriles is 1. The molecule has 0 heterocycles. The highest BCUT2D eigenvalue weighted by atomic mass is 79.9. The number of hydrogen-bond donors (Lipinski definition) is 1. The first-order valence-corrected chi connectivity index (χ1v) is 7.17. The van der Waals surface area contributed by atoms with E-state index in [0.717, 1.165) is 21.5 Å². The SMILES string of the molecule is CCOc1cccc(CNc2cc(Br)ccc2C#N)c1. The van der Waals surface area contributed by atoms with Crippen molar-refractivity contribution in [2.75, 3.05) is 11.9 Å². The highest BCUT2D eigenvalue weighted by molar-refractivity contribution is 9.10. The molecule has 0 unspecified atom stereocenters. The first kappa shape index (κ1) is 14.4. The van der Waals surface area contributed by atoms with Gasteiger partial charge in [-0.2, -0.15) is 5.26 Å². The van der Waals surface area contributed by atoms with Crippen LogP contribution in [0.2, 0.25) is 0 Å². The zero-order chi connectivity index (χ0) is 14.4. The number of nitrogens with zero attached hydrogens (tertiary/aromatic N) is 1. The van der Waals surface area contributed by atoms with Crippen LogP contribution in [0.5, 0.6) is 5.75 Å². The van der Waals surface area contributed by atoms with Crippen LogP contribution in [-0.2, 0) is 6.54 Å².